The van der Waals surface area contributed by atoms with Crippen LogP contribution in [0.2, 0.25) is 5.02 Å². The predicted octanol–water partition coefficient (Wildman–Crippen LogP) is 5.12. The second kappa shape index (κ2) is 10.1. The van der Waals surface area contributed by atoms with E-state index in [1.165, 1.54) is 23.3 Å². The Morgan fingerprint density at radius 2 is 1.56 bits per heavy atom. The number of hydrogen-bond donors (Lipinski definition) is 2. The fourth-order valence-electron chi connectivity index (χ4n) is 3.33. The summed E-state index contributed by atoms with van der Waals surface area (Å²) >= 11 is 7.57. The molecule has 0 aliphatic heterocycles. The Hall–Kier alpha value is -3.62. The monoisotopic (exact) mass is 492 g/mol. The third-order valence-corrected chi connectivity index (χ3v) is 6.33. The molecule has 9 heteroatoms. The van der Waals surface area contributed by atoms with E-state index in [-0.39, 0.29) is 17.4 Å². The van der Waals surface area contributed by atoms with E-state index in [1.807, 2.05) is 6.07 Å². The number of fused-ring (bicyclic) bond motifs is 1. The Kier molecular flexibility index (Phi) is 7.00. The van der Waals surface area contributed by atoms with Crippen molar-refractivity contribution in [2.45, 2.75) is 24.3 Å². The van der Waals surface area contributed by atoms with Gasteiger partial charge in [0, 0.05) is 18.3 Å². The molecule has 1 heterocycles. The molecule has 4 rings (SSSR count). The molecule has 4 aromatic rings. The molecule has 0 spiro atoms. The third-order valence-electron chi connectivity index (χ3n) is 4.96. The third kappa shape index (κ3) is 5.13. The van der Waals surface area contributed by atoms with E-state index in [0.29, 0.717) is 38.1 Å². The van der Waals surface area contributed by atoms with Crippen molar-refractivity contribution in [3.63, 3.8) is 0 Å². The molecule has 0 bridgehead atoms. The first-order valence-electron chi connectivity index (χ1n) is 10.5. The lowest BCUT2D eigenvalue weighted by Gasteiger charge is -2.17. The van der Waals surface area contributed by atoms with Crippen molar-refractivity contribution in [3.05, 3.63) is 88.2 Å². The van der Waals surface area contributed by atoms with Crippen molar-refractivity contribution in [1.82, 2.24) is 9.55 Å². The number of nitrogens with zero attached hydrogens (tertiary/aromatic N) is 2. The fraction of sp³-hybridized carbons (Fsp3) is 0.120. The van der Waals surface area contributed by atoms with Crippen LogP contribution in [-0.2, 0) is 9.59 Å². The number of para-hydroxylation sites is 2. The van der Waals surface area contributed by atoms with E-state index in [1.54, 1.807) is 73.7 Å². The minimum atomic E-state index is -0.572. The number of hydrogen-bond acceptors (Lipinski definition) is 5. The molecular formula is C25H21ClN4O3S. The highest BCUT2D eigenvalue weighted by molar-refractivity contribution is 8.00. The first-order valence-corrected chi connectivity index (χ1v) is 11.7. The topological polar surface area (TPSA) is 93.1 Å². The SMILES string of the molecule is CC(=O)Nc1ccc(NC(=O)[C@H](C)Sc2nc3ccccc3c(=O)n2-c2ccccc2Cl)cc1. The summed E-state index contributed by atoms with van der Waals surface area (Å²) in [4.78, 5) is 42.1. The molecule has 0 fully saturated rings. The maximum Gasteiger partial charge on any atom is 0.266 e. The number of carbonyl (C=O) groups excluding carboxylic acids is 2. The minimum Gasteiger partial charge on any atom is -0.326 e. The second-order valence-electron chi connectivity index (χ2n) is 7.51. The molecule has 2 amide bonds. The first kappa shape index (κ1) is 23.5. The number of benzene rings is 3. The fourth-order valence-corrected chi connectivity index (χ4v) is 4.47. The van der Waals surface area contributed by atoms with E-state index in [0.717, 1.165) is 0 Å². The highest BCUT2D eigenvalue weighted by Crippen LogP contribution is 2.28. The second-order valence-corrected chi connectivity index (χ2v) is 9.23. The summed E-state index contributed by atoms with van der Waals surface area (Å²) in [5.74, 6) is -0.431. The van der Waals surface area contributed by atoms with Gasteiger partial charge in [-0.3, -0.25) is 19.0 Å². The van der Waals surface area contributed by atoms with Crippen LogP contribution in [0.1, 0.15) is 13.8 Å². The molecule has 0 unspecified atom stereocenters. The van der Waals surface area contributed by atoms with Crippen molar-refractivity contribution in [3.8, 4) is 5.69 Å². The molecule has 34 heavy (non-hydrogen) atoms. The molecule has 0 aliphatic rings. The zero-order valence-corrected chi connectivity index (χ0v) is 20.0. The van der Waals surface area contributed by atoms with Crippen LogP contribution in [0.25, 0.3) is 16.6 Å². The summed E-state index contributed by atoms with van der Waals surface area (Å²) in [7, 11) is 0. The standard InChI is InChI=1S/C25H21ClN4O3S/c1-15(23(32)28-18-13-11-17(12-14-18)27-16(2)31)34-25-29-21-9-5-3-7-19(21)24(33)30(25)22-10-6-4-8-20(22)26/h3-15H,1-2H3,(H,27,31)(H,28,32)/t15-/m0/s1. The molecule has 0 saturated carbocycles. The first-order chi connectivity index (χ1) is 16.3. The average Bonchev–Trinajstić information content (AvgIpc) is 2.81. The molecule has 7 nitrogen and oxygen atoms in total. The van der Waals surface area contributed by atoms with Crippen LogP contribution in [0.4, 0.5) is 11.4 Å². The average molecular weight is 493 g/mol. The van der Waals surface area contributed by atoms with Crippen LogP contribution in [0.5, 0.6) is 0 Å². The molecule has 0 radical (unpaired) electrons. The van der Waals surface area contributed by atoms with Crippen molar-refractivity contribution in [1.29, 1.82) is 0 Å². The molecule has 172 valence electrons. The lowest BCUT2D eigenvalue weighted by atomic mass is 10.2. The Morgan fingerprint density at radius 3 is 2.24 bits per heavy atom. The summed E-state index contributed by atoms with van der Waals surface area (Å²) in [6, 6.07) is 20.9. The Morgan fingerprint density at radius 1 is 0.941 bits per heavy atom. The summed E-state index contributed by atoms with van der Waals surface area (Å²) < 4.78 is 1.45. The van der Waals surface area contributed by atoms with Gasteiger partial charge in [0.2, 0.25) is 11.8 Å². The van der Waals surface area contributed by atoms with Gasteiger partial charge >= 0.3 is 0 Å². The summed E-state index contributed by atoms with van der Waals surface area (Å²) in [5, 5.41) is 6.18. The van der Waals surface area contributed by atoms with Crippen molar-refractivity contribution < 1.29 is 9.59 Å². The van der Waals surface area contributed by atoms with E-state index in [9.17, 15) is 14.4 Å². The Balaban J connectivity index is 1.64. The number of halogens is 1. The van der Waals surface area contributed by atoms with Crippen LogP contribution < -0.4 is 16.2 Å². The van der Waals surface area contributed by atoms with Crippen molar-refractivity contribution in [2.75, 3.05) is 10.6 Å². The zero-order valence-electron chi connectivity index (χ0n) is 18.4. The van der Waals surface area contributed by atoms with Gasteiger partial charge in [-0.1, -0.05) is 47.6 Å². The normalized spacial score (nSPS) is 11.7. The van der Waals surface area contributed by atoms with E-state index >= 15 is 0 Å². The smallest absolute Gasteiger partial charge is 0.266 e. The largest absolute Gasteiger partial charge is 0.326 e. The van der Waals surface area contributed by atoms with E-state index in [2.05, 4.69) is 15.6 Å². The summed E-state index contributed by atoms with van der Waals surface area (Å²) in [6.45, 7) is 3.17. The number of anilines is 2. The molecule has 0 aliphatic carbocycles. The minimum absolute atomic E-state index is 0.172. The zero-order chi connectivity index (χ0) is 24.2. The highest BCUT2D eigenvalue weighted by Gasteiger charge is 2.21. The van der Waals surface area contributed by atoms with Gasteiger partial charge in [-0.15, -0.1) is 0 Å². The lowest BCUT2D eigenvalue weighted by molar-refractivity contribution is -0.115. The Labute approximate surface area is 205 Å². The molecule has 1 atom stereocenters. The number of nitrogens with one attached hydrogen (secondary N) is 2. The molecule has 0 saturated heterocycles. The predicted molar refractivity (Wildman–Crippen MR) is 137 cm³/mol. The molecular weight excluding hydrogens is 472 g/mol. The van der Waals surface area contributed by atoms with Crippen molar-refractivity contribution in [2.24, 2.45) is 0 Å². The van der Waals surface area contributed by atoms with Crippen LogP contribution in [0.3, 0.4) is 0 Å². The van der Waals surface area contributed by atoms with Gasteiger partial charge in [-0.05, 0) is 55.5 Å². The summed E-state index contributed by atoms with van der Waals surface area (Å²) in [6.07, 6.45) is 0. The quantitative estimate of drug-likeness (QED) is 0.288. The number of amides is 2. The molecule has 3 aromatic carbocycles. The van der Waals surface area contributed by atoms with Crippen LogP contribution in [0.15, 0.2) is 82.7 Å². The number of thioether (sulfide) groups is 1. The maximum atomic E-state index is 13.4. The van der Waals surface area contributed by atoms with Gasteiger partial charge < -0.3 is 10.6 Å². The van der Waals surface area contributed by atoms with Gasteiger partial charge in [-0.2, -0.15) is 0 Å². The van der Waals surface area contributed by atoms with Gasteiger partial charge in [0.15, 0.2) is 5.16 Å². The van der Waals surface area contributed by atoms with Gasteiger partial charge in [-0.25, -0.2) is 4.98 Å². The number of rotatable bonds is 6. The van der Waals surface area contributed by atoms with Crippen LogP contribution in [0, 0.1) is 0 Å². The van der Waals surface area contributed by atoms with Crippen LogP contribution in [-0.4, -0.2) is 26.6 Å². The highest BCUT2D eigenvalue weighted by atomic mass is 35.5. The maximum absolute atomic E-state index is 13.4. The molecule has 2 N–H and O–H groups in total. The Bertz CT molecular complexity index is 1440. The molecule has 1 aromatic heterocycles. The number of carbonyl (C=O) groups is 2. The van der Waals surface area contributed by atoms with Gasteiger partial charge in [0.05, 0.1) is 26.9 Å². The van der Waals surface area contributed by atoms with Gasteiger partial charge in [0.25, 0.3) is 5.56 Å². The lowest BCUT2D eigenvalue weighted by Crippen LogP contribution is -2.26. The van der Waals surface area contributed by atoms with Crippen molar-refractivity contribution >= 4 is 57.5 Å². The van der Waals surface area contributed by atoms with Gasteiger partial charge in [0.1, 0.15) is 0 Å². The number of aromatic nitrogens is 2. The van der Waals surface area contributed by atoms with E-state index in [4.69, 9.17) is 11.6 Å². The van der Waals surface area contributed by atoms with E-state index < -0.39 is 5.25 Å². The van der Waals surface area contributed by atoms with Crippen LogP contribution >= 0.6 is 23.4 Å². The summed E-state index contributed by atoms with van der Waals surface area (Å²) in [5.41, 5.74) is 2.00.